The molecule has 2 N–H and O–H groups in total. The third-order valence-electron chi connectivity index (χ3n) is 7.62. The highest BCUT2D eigenvalue weighted by atomic mass is 16.5. The smallest absolute Gasteiger partial charge is 0.207 e. The van der Waals surface area contributed by atoms with Crippen molar-refractivity contribution in [2.75, 3.05) is 13.2 Å². The molecule has 0 saturated carbocycles. The first-order chi connectivity index (χ1) is 18.6. The van der Waals surface area contributed by atoms with Crippen LogP contribution in [-0.2, 0) is 12.8 Å². The number of rotatable bonds is 26. The zero-order valence-corrected chi connectivity index (χ0v) is 25.7. The summed E-state index contributed by atoms with van der Waals surface area (Å²) in [5.41, 5.74) is 1.95. The molecule has 222 valence electrons. The summed E-state index contributed by atoms with van der Waals surface area (Å²) in [7, 11) is 0. The van der Waals surface area contributed by atoms with Crippen LogP contribution in [0.3, 0.4) is 0 Å². The van der Waals surface area contributed by atoms with E-state index in [1.54, 1.807) is 0 Å². The quantitative estimate of drug-likeness (QED) is 0.0916. The number of phenolic OH excluding ortho intramolecular Hbond substituents is 2. The molecule has 0 aliphatic carbocycles. The second-order valence-electron chi connectivity index (χ2n) is 11.2. The van der Waals surface area contributed by atoms with Gasteiger partial charge in [-0.25, -0.2) is 0 Å². The van der Waals surface area contributed by atoms with Crippen molar-refractivity contribution >= 4 is 0 Å². The Labute approximate surface area is 235 Å². The second-order valence-corrected chi connectivity index (χ2v) is 11.2. The minimum atomic E-state index is -0.127. The van der Waals surface area contributed by atoms with Crippen LogP contribution in [-0.4, -0.2) is 23.4 Å². The van der Waals surface area contributed by atoms with Crippen LogP contribution in [0, 0.1) is 0 Å². The first-order valence-electron chi connectivity index (χ1n) is 16.5. The molecule has 0 aromatic heterocycles. The molecule has 0 fully saturated rings. The van der Waals surface area contributed by atoms with Gasteiger partial charge < -0.3 is 19.7 Å². The molecule has 0 aliphatic heterocycles. The molecule has 38 heavy (non-hydrogen) atoms. The number of hydrogen-bond donors (Lipinski definition) is 2. The molecule has 0 radical (unpaired) electrons. The second kappa shape index (κ2) is 23.3. The summed E-state index contributed by atoms with van der Waals surface area (Å²) in [5.74, 6) is 0.950. The lowest BCUT2D eigenvalue weighted by molar-refractivity contribution is 0.242. The monoisotopic (exact) mass is 534 g/mol. The molecule has 0 unspecified atom stereocenters. The number of phenols is 2. The summed E-state index contributed by atoms with van der Waals surface area (Å²) in [6.45, 7) is 10.1. The Morgan fingerprint density at radius 1 is 0.395 bits per heavy atom. The summed E-state index contributed by atoms with van der Waals surface area (Å²) >= 11 is 0. The fourth-order valence-corrected chi connectivity index (χ4v) is 5.17. The summed E-state index contributed by atoms with van der Waals surface area (Å²) in [6.07, 6.45) is 25.1. The van der Waals surface area contributed by atoms with Crippen molar-refractivity contribution in [3.63, 3.8) is 0 Å². The highest BCUT2D eigenvalue weighted by molar-refractivity contribution is 5.66. The van der Waals surface area contributed by atoms with Gasteiger partial charge in [0.15, 0.2) is 11.5 Å². The fourth-order valence-electron chi connectivity index (χ4n) is 5.17. The average Bonchev–Trinajstić information content (AvgIpc) is 2.92. The van der Waals surface area contributed by atoms with E-state index in [1.807, 2.05) is 0 Å². The maximum atomic E-state index is 11.2. The molecule has 0 atom stereocenters. The van der Waals surface area contributed by atoms with E-state index in [9.17, 15) is 10.2 Å². The van der Waals surface area contributed by atoms with Gasteiger partial charge >= 0.3 is 0 Å². The van der Waals surface area contributed by atoms with Crippen molar-refractivity contribution in [1.82, 2.24) is 0 Å². The van der Waals surface area contributed by atoms with Crippen LogP contribution in [0.1, 0.15) is 167 Å². The van der Waals surface area contributed by atoms with E-state index in [0.717, 1.165) is 68.9 Å². The van der Waals surface area contributed by atoms with Crippen LogP contribution < -0.4 is 9.47 Å². The lowest BCUT2D eigenvalue weighted by atomic mass is 9.93. The van der Waals surface area contributed by atoms with Crippen LogP contribution in [0.15, 0.2) is 0 Å². The Morgan fingerprint density at radius 3 is 1.21 bits per heavy atom. The van der Waals surface area contributed by atoms with Crippen LogP contribution in [0.2, 0.25) is 0 Å². The van der Waals surface area contributed by atoms with E-state index in [2.05, 4.69) is 27.7 Å². The number of aromatic hydroxyl groups is 2. The van der Waals surface area contributed by atoms with Crippen molar-refractivity contribution in [2.45, 2.75) is 169 Å². The minimum absolute atomic E-state index is 0.0142. The van der Waals surface area contributed by atoms with Crippen LogP contribution in [0.4, 0.5) is 0 Å². The maximum Gasteiger partial charge on any atom is 0.207 e. The Kier molecular flexibility index (Phi) is 21.1. The van der Waals surface area contributed by atoms with E-state index >= 15 is 0 Å². The number of benzene rings is 1. The highest BCUT2D eigenvalue weighted by Crippen LogP contribution is 2.50. The van der Waals surface area contributed by atoms with Crippen molar-refractivity contribution in [1.29, 1.82) is 0 Å². The van der Waals surface area contributed by atoms with E-state index in [-0.39, 0.29) is 11.5 Å². The number of ether oxygens (including phenoxy) is 2. The minimum Gasteiger partial charge on any atom is -0.504 e. The molecule has 0 aliphatic rings. The molecule has 0 spiro atoms. The lowest BCUT2D eigenvalue weighted by Crippen LogP contribution is -2.09. The molecular formula is C34H62O4. The van der Waals surface area contributed by atoms with Crippen molar-refractivity contribution < 1.29 is 19.7 Å². The van der Waals surface area contributed by atoms with Crippen molar-refractivity contribution in [3.05, 3.63) is 11.1 Å². The van der Waals surface area contributed by atoms with Gasteiger partial charge in [-0.15, -0.1) is 0 Å². The van der Waals surface area contributed by atoms with Crippen LogP contribution in [0.5, 0.6) is 23.0 Å². The van der Waals surface area contributed by atoms with Gasteiger partial charge in [0.1, 0.15) is 0 Å². The van der Waals surface area contributed by atoms with Gasteiger partial charge in [-0.3, -0.25) is 0 Å². The Hall–Kier alpha value is -1.58. The predicted octanol–water partition coefficient (Wildman–Crippen LogP) is 10.8. The first-order valence-corrected chi connectivity index (χ1v) is 16.5. The van der Waals surface area contributed by atoms with Gasteiger partial charge in [-0.05, 0) is 38.5 Å². The summed E-state index contributed by atoms with van der Waals surface area (Å²) in [6, 6.07) is 0. The molecule has 1 rings (SSSR count). The first kappa shape index (κ1) is 34.4. The summed E-state index contributed by atoms with van der Waals surface area (Å²) in [5, 5.41) is 22.3. The van der Waals surface area contributed by atoms with E-state index in [4.69, 9.17) is 9.47 Å². The normalized spacial score (nSPS) is 11.3. The molecule has 0 saturated heterocycles. The van der Waals surface area contributed by atoms with Crippen molar-refractivity contribution in [2.24, 2.45) is 0 Å². The van der Waals surface area contributed by atoms with Gasteiger partial charge in [-0.2, -0.15) is 0 Å². The van der Waals surface area contributed by atoms with Gasteiger partial charge in [0, 0.05) is 11.1 Å². The zero-order valence-electron chi connectivity index (χ0n) is 25.7. The average molecular weight is 535 g/mol. The van der Waals surface area contributed by atoms with E-state index < -0.39 is 0 Å². The third-order valence-corrected chi connectivity index (χ3v) is 7.62. The predicted molar refractivity (Wildman–Crippen MR) is 163 cm³/mol. The highest BCUT2D eigenvalue weighted by Gasteiger charge is 2.26. The molecular weight excluding hydrogens is 472 g/mol. The molecule has 4 nitrogen and oxygen atoms in total. The largest absolute Gasteiger partial charge is 0.504 e. The maximum absolute atomic E-state index is 11.2. The number of unbranched alkanes of at least 4 members (excludes halogenated alkanes) is 16. The molecule has 1 aromatic rings. The summed E-state index contributed by atoms with van der Waals surface area (Å²) < 4.78 is 12.6. The lowest BCUT2D eigenvalue weighted by Gasteiger charge is -2.22. The van der Waals surface area contributed by atoms with Crippen LogP contribution >= 0.6 is 0 Å². The van der Waals surface area contributed by atoms with E-state index in [0.29, 0.717) is 24.7 Å². The third kappa shape index (κ3) is 14.0. The van der Waals surface area contributed by atoms with Crippen LogP contribution in [0.25, 0.3) is 0 Å². The fraction of sp³-hybridized carbons (Fsp3) is 0.824. The van der Waals surface area contributed by atoms with E-state index in [1.165, 1.54) is 83.5 Å². The standard InChI is InChI=1S/C34H62O4/c1-5-9-13-17-21-25-29-30(26-22-18-14-10-6-2)33(37-27-23-19-15-11-7-3)34(32(36)31(29)35)38-28-24-20-16-12-8-4/h35-36H,5-28H2,1-4H3. The number of hydrogen-bond acceptors (Lipinski definition) is 4. The Morgan fingerprint density at radius 2 is 0.763 bits per heavy atom. The Bertz CT molecular complexity index is 700. The molecule has 0 bridgehead atoms. The molecule has 0 amide bonds. The van der Waals surface area contributed by atoms with Gasteiger partial charge in [-0.1, -0.05) is 130 Å². The molecule has 0 heterocycles. The topological polar surface area (TPSA) is 58.9 Å². The van der Waals surface area contributed by atoms with Gasteiger partial charge in [0.2, 0.25) is 11.5 Å². The van der Waals surface area contributed by atoms with Crippen molar-refractivity contribution in [3.8, 4) is 23.0 Å². The molecule has 4 heteroatoms. The van der Waals surface area contributed by atoms with Gasteiger partial charge in [0.25, 0.3) is 0 Å². The van der Waals surface area contributed by atoms with Gasteiger partial charge in [0.05, 0.1) is 13.2 Å². The Balaban J connectivity index is 3.16. The SMILES string of the molecule is CCCCCCCOc1c(O)c(O)c(CCCCCCC)c(CCCCCCC)c1OCCCCCCC. The summed E-state index contributed by atoms with van der Waals surface area (Å²) in [4.78, 5) is 0. The zero-order chi connectivity index (χ0) is 27.8. The molecule has 1 aromatic carbocycles.